The van der Waals surface area contributed by atoms with Crippen LogP contribution in [0.1, 0.15) is 206 Å². The molecular weight excluding hydrogens is 1080 g/mol. The van der Waals surface area contributed by atoms with Gasteiger partial charge in [-0.1, -0.05) is 225 Å². The fourth-order valence-electron chi connectivity index (χ4n) is 9.49. The number of esters is 1. The summed E-state index contributed by atoms with van der Waals surface area (Å²) in [7, 11) is 0. The Labute approximate surface area is 513 Å². The quantitative estimate of drug-likeness (QED) is 0.0172. The third-order valence-electron chi connectivity index (χ3n) is 14.7. The molecule has 0 bridgehead atoms. The minimum atomic E-state index is -1.72. The standard InChI is InChI=1S/C71H116O14/c1-3-5-7-9-11-13-15-17-19-21-23-25-27-29-31-33-35-37-39-41-43-45-47-49-51-53-55-80-57-60(58-81-70-69(79)67(77)65(75)62(85-70)59-82-71-68(78)66(76)64(74)61(56-72)84-71)83-63(73)54-52-50-48-46-44-42-40-38-36-34-32-30-28-26-24-22-20-18-16-14-12-10-8-6-4-2/h5-8,11-14,17-20,23-26,29-32,36,38,60-62,64-72,74-79H,3-4,9-10,15-16,21-22,27-28,33-35,37,39-59H2,1-2H3/b7-5-,8-6-,13-11-,14-12-,19-17-,20-18-,25-23-,26-24-,31-29-,32-30-,38-36-. The van der Waals surface area contributed by atoms with Crippen molar-refractivity contribution < 1.29 is 69.0 Å². The topological polar surface area (TPSA) is 214 Å². The third kappa shape index (κ3) is 41.1. The van der Waals surface area contributed by atoms with Crippen molar-refractivity contribution in [1.29, 1.82) is 0 Å². The maximum Gasteiger partial charge on any atom is 0.306 e. The zero-order chi connectivity index (χ0) is 61.5. The van der Waals surface area contributed by atoms with E-state index < -0.39 is 86.7 Å². The lowest BCUT2D eigenvalue weighted by atomic mass is 9.98. The van der Waals surface area contributed by atoms with Crippen molar-refractivity contribution in [1.82, 2.24) is 0 Å². The molecule has 85 heavy (non-hydrogen) atoms. The van der Waals surface area contributed by atoms with E-state index in [4.69, 9.17) is 28.4 Å². The molecule has 14 nitrogen and oxygen atoms in total. The molecule has 11 unspecified atom stereocenters. The molecule has 0 aliphatic carbocycles. The lowest BCUT2D eigenvalue weighted by molar-refractivity contribution is -0.332. The van der Waals surface area contributed by atoms with E-state index in [9.17, 15) is 40.5 Å². The van der Waals surface area contributed by atoms with Crippen LogP contribution in [0.2, 0.25) is 0 Å². The molecule has 2 heterocycles. The summed E-state index contributed by atoms with van der Waals surface area (Å²) < 4.78 is 34.5. The number of hydrogen-bond acceptors (Lipinski definition) is 14. The largest absolute Gasteiger partial charge is 0.457 e. The van der Waals surface area contributed by atoms with Crippen LogP contribution in [-0.2, 0) is 33.2 Å². The number of hydrogen-bond donors (Lipinski definition) is 7. The Morgan fingerprint density at radius 1 is 0.388 bits per heavy atom. The van der Waals surface area contributed by atoms with E-state index in [2.05, 4.69) is 148 Å². The maximum atomic E-state index is 13.1. The summed E-state index contributed by atoms with van der Waals surface area (Å²) >= 11 is 0. The molecule has 0 aromatic heterocycles. The first-order valence-corrected chi connectivity index (χ1v) is 32.8. The Kier molecular flexibility index (Phi) is 50.4. The summed E-state index contributed by atoms with van der Waals surface area (Å²) in [6.45, 7) is 3.42. The van der Waals surface area contributed by atoms with Crippen molar-refractivity contribution >= 4 is 5.97 Å². The van der Waals surface area contributed by atoms with Gasteiger partial charge in [0.05, 0.1) is 26.4 Å². The molecule has 2 fully saturated rings. The summed E-state index contributed by atoms with van der Waals surface area (Å²) in [5.74, 6) is -0.397. The highest BCUT2D eigenvalue weighted by Gasteiger charge is 2.47. The van der Waals surface area contributed by atoms with E-state index in [0.29, 0.717) is 13.0 Å². The van der Waals surface area contributed by atoms with Crippen molar-refractivity contribution in [2.75, 3.05) is 33.0 Å². The number of aliphatic hydroxyl groups excluding tert-OH is 7. The number of rotatable bonds is 52. The minimum absolute atomic E-state index is 0.0429. The number of allylic oxidation sites excluding steroid dienone is 22. The van der Waals surface area contributed by atoms with Gasteiger partial charge < -0.3 is 64.2 Å². The summed E-state index contributed by atoms with van der Waals surface area (Å²) in [4.78, 5) is 13.1. The Hall–Kier alpha value is -3.87. The minimum Gasteiger partial charge on any atom is -0.457 e. The summed E-state index contributed by atoms with van der Waals surface area (Å²) in [5, 5.41) is 72.6. The van der Waals surface area contributed by atoms with E-state index in [0.717, 1.165) is 135 Å². The molecule has 0 spiro atoms. The number of unbranched alkanes of at least 4 members (excludes halogenated alkanes) is 16. The molecule has 2 aliphatic heterocycles. The number of aliphatic hydroxyl groups is 7. The van der Waals surface area contributed by atoms with Gasteiger partial charge in [-0.05, 0) is 109 Å². The van der Waals surface area contributed by atoms with Crippen molar-refractivity contribution in [3.05, 3.63) is 134 Å². The monoisotopic (exact) mass is 1190 g/mol. The van der Waals surface area contributed by atoms with E-state index in [-0.39, 0.29) is 19.6 Å². The molecular formula is C71H116O14. The van der Waals surface area contributed by atoms with E-state index in [1.54, 1.807) is 0 Å². The molecule has 0 aromatic rings. The van der Waals surface area contributed by atoms with Crippen LogP contribution >= 0.6 is 0 Å². The SMILES string of the molecule is CC/C=C\C/C=C\C/C=C\C/C=C\C/C=C\C/C=C\CCCCCCCCC(=O)OC(COCCCCCCCCCCCC/C=C\C/C=C\C/C=C\C/C=C\C/C=C\CC)COC1OC(COC2OC(CO)C(O)C(O)C2O)C(O)C(O)C1O. The first-order chi connectivity index (χ1) is 41.6. The molecule has 11 atom stereocenters. The van der Waals surface area contributed by atoms with Gasteiger partial charge in [0.15, 0.2) is 12.6 Å². The van der Waals surface area contributed by atoms with Crippen LogP contribution in [0.3, 0.4) is 0 Å². The zero-order valence-corrected chi connectivity index (χ0v) is 52.3. The van der Waals surface area contributed by atoms with Gasteiger partial charge in [0.25, 0.3) is 0 Å². The van der Waals surface area contributed by atoms with Crippen LogP contribution in [0.25, 0.3) is 0 Å². The van der Waals surface area contributed by atoms with Crippen LogP contribution in [0.15, 0.2) is 134 Å². The number of carbonyl (C=O) groups excluding carboxylic acids is 1. The third-order valence-corrected chi connectivity index (χ3v) is 14.7. The highest BCUT2D eigenvalue weighted by Crippen LogP contribution is 2.27. The van der Waals surface area contributed by atoms with Crippen LogP contribution in [0, 0.1) is 0 Å². The van der Waals surface area contributed by atoms with E-state index in [1.807, 2.05) is 0 Å². The Morgan fingerprint density at radius 2 is 0.729 bits per heavy atom. The summed E-state index contributed by atoms with van der Waals surface area (Å²) in [5.41, 5.74) is 0. The average Bonchev–Trinajstić information content (AvgIpc) is 3.68. The molecule has 0 radical (unpaired) electrons. The highest BCUT2D eigenvalue weighted by molar-refractivity contribution is 5.69. The van der Waals surface area contributed by atoms with Crippen LogP contribution in [0.5, 0.6) is 0 Å². The van der Waals surface area contributed by atoms with E-state index >= 15 is 0 Å². The van der Waals surface area contributed by atoms with Gasteiger partial charge in [-0.2, -0.15) is 0 Å². The second-order valence-corrected chi connectivity index (χ2v) is 22.2. The molecule has 2 rings (SSSR count). The molecule has 484 valence electrons. The first kappa shape index (κ1) is 77.2. The van der Waals surface area contributed by atoms with Gasteiger partial charge in [0.1, 0.15) is 54.9 Å². The molecule has 0 saturated carbocycles. The lowest BCUT2D eigenvalue weighted by Gasteiger charge is -2.42. The van der Waals surface area contributed by atoms with Crippen molar-refractivity contribution in [3.8, 4) is 0 Å². The van der Waals surface area contributed by atoms with Gasteiger partial charge >= 0.3 is 5.97 Å². The highest BCUT2D eigenvalue weighted by atomic mass is 16.7. The number of ether oxygens (including phenoxy) is 6. The van der Waals surface area contributed by atoms with Gasteiger partial charge in [0.2, 0.25) is 0 Å². The van der Waals surface area contributed by atoms with Crippen molar-refractivity contribution in [2.24, 2.45) is 0 Å². The normalized spacial score (nSPS) is 24.1. The van der Waals surface area contributed by atoms with E-state index in [1.165, 1.54) is 44.9 Å². The van der Waals surface area contributed by atoms with Crippen LogP contribution < -0.4 is 0 Å². The smallest absolute Gasteiger partial charge is 0.306 e. The second kappa shape index (κ2) is 55.4. The maximum absolute atomic E-state index is 13.1. The summed E-state index contributed by atoms with van der Waals surface area (Å²) in [6, 6.07) is 0. The number of carbonyl (C=O) groups is 1. The second-order valence-electron chi connectivity index (χ2n) is 22.2. The van der Waals surface area contributed by atoms with Crippen LogP contribution in [0.4, 0.5) is 0 Å². The molecule has 0 aromatic carbocycles. The Morgan fingerprint density at radius 3 is 1.14 bits per heavy atom. The lowest BCUT2D eigenvalue weighted by Crippen LogP contribution is -2.61. The summed E-state index contributed by atoms with van der Waals surface area (Å²) in [6.07, 6.45) is 63.6. The Balaban J connectivity index is 1.69. The fraction of sp³-hybridized carbons (Fsp3) is 0.676. The van der Waals surface area contributed by atoms with Gasteiger partial charge in [-0.3, -0.25) is 4.79 Å². The molecule has 0 amide bonds. The van der Waals surface area contributed by atoms with Gasteiger partial charge in [0, 0.05) is 13.0 Å². The van der Waals surface area contributed by atoms with Crippen molar-refractivity contribution in [3.63, 3.8) is 0 Å². The van der Waals surface area contributed by atoms with Crippen molar-refractivity contribution in [2.45, 2.75) is 274 Å². The predicted octanol–water partition coefficient (Wildman–Crippen LogP) is 13.4. The average molecular weight is 1190 g/mol. The predicted molar refractivity (Wildman–Crippen MR) is 343 cm³/mol. The fourth-order valence-corrected chi connectivity index (χ4v) is 9.49. The molecule has 7 N–H and O–H groups in total. The van der Waals surface area contributed by atoms with Gasteiger partial charge in [-0.25, -0.2) is 0 Å². The Bertz CT molecular complexity index is 1920. The molecule has 2 aliphatic rings. The molecule has 2 saturated heterocycles. The zero-order valence-electron chi connectivity index (χ0n) is 52.3. The van der Waals surface area contributed by atoms with Crippen LogP contribution in [-0.4, -0.2) is 142 Å². The van der Waals surface area contributed by atoms with Gasteiger partial charge in [-0.15, -0.1) is 0 Å². The first-order valence-electron chi connectivity index (χ1n) is 32.8. The molecule has 14 heteroatoms.